The first-order valence-electron chi connectivity index (χ1n) is 9.53. The molecule has 33 heavy (non-hydrogen) atoms. The summed E-state index contributed by atoms with van der Waals surface area (Å²) in [5.41, 5.74) is -4.00. The van der Waals surface area contributed by atoms with Gasteiger partial charge in [0.1, 0.15) is 5.82 Å². The number of aromatic nitrogens is 4. The average Bonchev–Trinajstić information content (AvgIpc) is 3.32. The predicted molar refractivity (Wildman–Crippen MR) is 103 cm³/mol. The number of aryl methyl sites for hydroxylation is 1. The maximum atomic E-state index is 13.6. The maximum absolute atomic E-state index is 13.6. The van der Waals surface area contributed by atoms with Gasteiger partial charge in [-0.15, -0.1) is 0 Å². The third-order valence-electron chi connectivity index (χ3n) is 5.10. The highest BCUT2D eigenvalue weighted by Gasteiger charge is 2.57. The number of hydrogen-bond acceptors (Lipinski definition) is 4. The Morgan fingerprint density at radius 3 is 2.45 bits per heavy atom. The summed E-state index contributed by atoms with van der Waals surface area (Å²) < 4.78 is 81.7. The van der Waals surface area contributed by atoms with Crippen LogP contribution < -0.4 is 5.32 Å². The molecule has 0 fully saturated rings. The van der Waals surface area contributed by atoms with Gasteiger partial charge in [-0.2, -0.15) is 31.4 Å². The molecular weight excluding hydrogens is 456 g/mol. The largest absolute Gasteiger partial charge is 0.424 e. The molecule has 1 amide bonds. The number of nitrogens with one attached hydrogen (secondary N) is 1. The first kappa shape index (κ1) is 24.3. The maximum Gasteiger partial charge on any atom is 0.424 e. The van der Waals surface area contributed by atoms with E-state index in [-0.39, 0.29) is 16.9 Å². The van der Waals surface area contributed by atoms with E-state index in [0.717, 1.165) is 33.8 Å². The van der Waals surface area contributed by atoms with E-state index >= 15 is 0 Å². The molecule has 0 aliphatic rings. The minimum absolute atomic E-state index is 0.0417. The Balaban J connectivity index is 1.76. The number of alkyl halides is 6. The standard InChI is InChI=1S/C20H19F6N5O2/c1-12-15(11-29-31(12)14-5-3-4-13(10-14)19(21,22)23)16(32)27-7-6-18(33,20(24,25)26)17-28-8-9-30(17)2/h3-5,8-11,33H,6-7H2,1-2H3,(H,27,32). The van der Waals surface area contributed by atoms with E-state index in [9.17, 15) is 36.2 Å². The minimum Gasteiger partial charge on any atom is -0.374 e. The number of aliphatic hydroxyl groups is 1. The zero-order valence-electron chi connectivity index (χ0n) is 17.4. The molecule has 0 spiro atoms. The molecule has 178 valence electrons. The number of imidazole rings is 1. The molecule has 0 aliphatic heterocycles. The van der Waals surface area contributed by atoms with Crippen molar-refractivity contribution in [2.24, 2.45) is 7.05 Å². The van der Waals surface area contributed by atoms with E-state index < -0.39 is 48.2 Å². The molecule has 0 aliphatic carbocycles. The highest BCUT2D eigenvalue weighted by molar-refractivity contribution is 5.95. The van der Waals surface area contributed by atoms with E-state index in [0.29, 0.717) is 0 Å². The molecule has 1 atom stereocenters. The molecular formula is C20H19F6N5O2. The van der Waals surface area contributed by atoms with Crippen LogP contribution in [0.3, 0.4) is 0 Å². The summed E-state index contributed by atoms with van der Waals surface area (Å²) in [4.78, 5) is 16.1. The third-order valence-corrected chi connectivity index (χ3v) is 5.10. The topological polar surface area (TPSA) is 85.0 Å². The highest BCUT2D eigenvalue weighted by atomic mass is 19.4. The summed E-state index contributed by atoms with van der Waals surface area (Å²) >= 11 is 0. The summed E-state index contributed by atoms with van der Waals surface area (Å²) in [6, 6.07) is 4.30. The Morgan fingerprint density at radius 1 is 1.18 bits per heavy atom. The van der Waals surface area contributed by atoms with Crippen LogP contribution in [0.5, 0.6) is 0 Å². The van der Waals surface area contributed by atoms with Crippen molar-refractivity contribution in [3.63, 3.8) is 0 Å². The zero-order chi connectivity index (χ0) is 24.6. The molecule has 7 nitrogen and oxygen atoms in total. The van der Waals surface area contributed by atoms with Gasteiger partial charge in [-0.1, -0.05) is 6.07 Å². The Labute approximate surface area is 183 Å². The molecule has 1 unspecified atom stereocenters. The Kier molecular flexibility index (Phi) is 6.29. The van der Waals surface area contributed by atoms with Crippen molar-refractivity contribution < 1.29 is 36.2 Å². The normalized spacial score (nSPS) is 14.2. The second-order valence-corrected chi connectivity index (χ2v) is 7.33. The molecule has 0 saturated heterocycles. The Morgan fingerprint density at radius 2 is 1.88 bits per heavy atom. The smallest absolute Gasteiger partial charge is 0.374 e. The fourth-order valence-electron chi connectivity index (χ4n) is 3.30. The van der Waals surface area contributed by atoms with Crippen LogP contribution in [0.2, 0.25) is 0 Å². The fraction of sp³-hybridized carbons (Fsp3) is 0.350. The lowest BCUT2D eigenvalue weighted by Crippen LogP contribution is -2.46. The van der Waals surface area contributed by atoms with E-state index in [4.69, 9.17) is 0 Å². The van der Waals surface area contributed by atoms with Gasteiger partial charge in [-0.25, -0.2) is 9.67 Å². The van der Waals surface area contributed by atoms with Crippen molar-refractivity contribution in [3.05, 3.63) is 65.5 Å². The van der Waals surface area contributed by atoms with E-state index in [1.54, 1.807) is 0 Å². The number of hydrogen-bond donors (Lipinski definition) is 2. The lowest BCUT2D eigenvalue weighted by atomic mass is 9.97. The van der Waals surface area contributed by atoms with Gasteiger partial charge in [-0.3, -0.25) is 4.79 Å². The molecule has 13 heteroatoms. The highest BCUT2D eigenvalue weighted by Crippen LogP contribution is 2.40. The summed E-state index contributed by atoms with van der Waals surface area (Å²) in [6.07, 6.45) is -7.08. The molecule has 3 rings (SSSR count). The number of nitrogens with zero attached hydrogens (tertiary/aromatic N) is 4. The van der Waals surface area contributed by atoms with Gasteiger partial charge >= 0.3 is 12.4 Å². The minimum atomic E-state index is -5.05. The molecule has 0 radical (unpaired) electrons. The SMILES string of the molecule is Cc1c(C(=O)NCCC(O)(c2nccn2C)C(F)(F)F)cnn1-c1cccc(C(F)(F)F)c1. The molecule has 0 bridgehead atoms. The molecule has 2 heterocycles. The van der Waals surface area contributed by atoms with E-state index in [2.05, 4.69) is 15.4 Å². The third kappa shape index (κ3) is 4.72. The van der Waals surface area contributed by atoms with Crippen LogP contribution in [0.25, 0.3) is 5.69 Å². The van der Waals surface area contributed by atoms with Crippen LogP contribution in [0.4, 0.5) is 26.3 Å². The molecule has 2 aromatic heterocycles. The van der Waals surface area contributed by atoms with Crippen LogP contribution in [0, 0.1) is 6.92 Å². The summed E-state index contributed by atoms with van der Waals surface area (Å²) in [7, 11) is 1.29. The second-order valence-electron chi connectivity index (χ2n) is 7.33. The summed E-state index contributed by atoms with van der Waals surface area (Å²) in [5.74, 6) is -1.42. The number of amides is 1. The van der Waals surface area contributed by atoms with Crippen LogP contribution in [0.15, 0.2) is 42.9 Å². The van der Waals surface area contributed by atoms with Crippen molar-refractivity contribution in [1.29, 1.82) is 0 Å². The quantitative estimate of drug-likeness (QED) is 0.535. The van der Waals surface area contributed by atoms with Crippen molar-refractivity contribution in [3.8, 4) is 5.69 Å². The van der Waals surface area contributed by atoms with Crippen molar-refractivity contribution in [2.75, 3.05) is 6.54 Å². The monoisotopic (exact) mass is 475 g/mol. The molecule has 1 aromatic carbocycles. The van der Waals surface area contributed by atoms with Crippen molar-refractivity contribution in [1.82, 2.24) is 24.6 Å². The van der Waals surface area contributed by atoms with Gasteiger partial charge in [0.2, 0.25) is 5.60 Å². The van der Waals surface area contributed by atoms with E-state index in [1.165, 1.54) is 32.3 Å². The number of rotatable bonds is 6. The Hall–Kier alpha value is -3.35. The first-order chi connectivity index (χ1) is 15.3. The van der Waals surface area contributed by atoms with Crippen LogP contribution in [-0.2, 0) is 18.8 Å². The zero-order valence-corrected chi connectivity index (χ0v) is 17.4. The summed E-state index contributed by atoms with van der Waals surface area (Å²) in [5, 5.41) is 16.5. The molecule has 0 saturated carbocycles. The van der Waals surface area contributed by atoms with Crippen molar-refractivity contribution >= 4 is 5.91 Å². The average molecular weight is 475 g/mol. The van der Waals surface area contributed by atoms with Crippen molar-refractivity contribution in [2.45, 2.75) is 31.3 Å². The van der Waals surface area contributed by atoms with E-state index in [1.807, 2.05) is 0 Å². The second kappa shape index (κ2) is 8.54. The number of benzene rings is 1. The molecule has 3 aromatic rings. The molecule has 2 N–H and O–H groups in total. The van der Waals surface area contributed by atoms with Gasteiger partial charge in [0.25, 0.3) is 5.91 Å². The lowest BCUT2D eigenvalue weighted by molar-refractivity contribution is -0.272. The van der Waals surface area contributed by atoms with Gasteiger partial charge < -0.3 is 15.0 Å². The number of carbonyl (C=O) groups excluding carboxylic acids is 1. The summed E-state index contributed by atoms with van der Waals surface area (Å²) in [6.45, 7) is 0.873. The van der Waals surface area contributed by atoms with Gasteiger partial charge in [0.15, 0.2) is 0 Å². The predicted octanol–water partition coefficient (Wildman–Crippen LogP) is 3.50. The Bertz CT molecular complexity index is 1150. The fourth-order valence-corrected chi connectivity index (χ4v) is 3.30. The van der Waals surface area contributed by atoms with Crippen LogP contribution in [0.1, 0.15) is 33.9 Å². The number of halogens is 6. The number of carbonyl (C=O) groups is 1. The lowest BCUT2D eigenvalue weighted by Gasteiger charge is -2.29. The van der Waals surface area contributed by atoms with Crippen LogP contribution in [-0.4, -0.2) is 43.1 Å². The van der Waals surface area contributed by atoms with Gasteiger partial charge in [0, 0.05) is 32.4 Å². The first-order valence-corrected chi connectivity index (χ1v) is 9.53. The van der Waals surface area contributed by atoms with Gasteiger partial charge in [-0.05, 0) is 25.1 Å². The van der Waals surface area contributed by atoms with Gasteiger partial charge in [0.05, 0.1) is 28.7 Å². The van der Waals surface area contributed by atoms with Crippen LogP contribution >= 0.6 is 0 Å².